The molecule has 0 bridgehead atoms. The number of phenols is 1. The Labute approximate surface area is 246 Å². The maximum atomic E-state index is 16.2. The lowest BCUT2D eigenvalue weighted by molar-refractivity contribution is -0.141. The molecule has 1 aromatic carbocycles. The van der Waals surface area contributed by atoms with Crippen LogP contribution in [0.5, 0.6) is 5.75 Å². The molecule has 212 valence electrons. The zero-order valence-electron chi connectivity index (χ0n) is 24.3. The Kier molecular flexibility index (Phi) is 6.59. The molecule has 0 radical (unpaired) electrons. The number of benzene rings is 1. The number of likely N-dealkylation sites (tertiary alicyclic amines) is 1. The Morgan fingerprint density at radius 2 is 1.95 bits per heavy atom. The van der Waals surface area contributed by atoms with Crippen molar-refractivity contribution in [2.45, 2.75) is 38.9 Å². The van der Waals surface area contributed by atoms with Crippen LogP contribution in [0.4, 0.5) is 4.39 Å². The molecule has 1 aliphatic heterocycles. The van der Waals surface area contributed by atoms with E-state index in [4.69, 9.17) is 25.9 Å². The highest BCUT2D eigenvalue weighted by molar-refractivity contribution is 6.37. The van der Waals surface area contributed by atoms with Gasteiger partial charge in [-0.25, -0.2) is 9.37 Å². The second kappa shape index (κ2) is 10.4. The van der Waals surface area contributed by atoms with E-state index in [0.29, 0.717) is 15.8 Å². The van der Waals surface area contributed by atoms with Crippen LogP contribution >= 0.6 is 23.2 Å². The number of fused-ring (bicyclic) bond motifs is 1. The largest absolute Gasteiger partial charge is 0.507 e. The fraction of sp³-hybridized carbons (Fsp3) is 0.276. The van der Waals surface area contributed by atoms with E-state index in [1.54, 1.807) is 19.2 Å². The van der Waals surface area contributed by atoms with Gasteiger partial charge in [0.05, 0.1) is 60.5 Å². The van der Waals surface area contributed by atoms with Crippen LogP contribution in [0.15, 0.2) is 58.8 Å². The number of aromatic hydroxyl groups is 1. The van der Waals surface area contributed by atoms with Gasteiger partial charge in [-0.15, -0.1) is 0 Å². The molecule has 4 heterocycles. The molecule has 0 spiro atoms. The Balaban J connectivity index is 1.93. The van der Waals surface area contributed by atoms with Crippen LogP contribution in [0.2, 0.25) is 10.0 Å². The van der Waals surface area contributed by atoms with Crippen molar-refractivity contribution in [2.24, 2.45) is 0 Å². The number of amides is 1. The van der Waals surface area contributed by atoms with Crippen molar-refractivity contribution in [3.05, 3.63) is 91.2 Å². The Hall–Kier alpha value is -4.02. The highest BCUT2D eigenvalue weighted by Gasteiger charge is 2.46. The summed E-state index contributed by atoms with van der Waals surface area (Å²) < 4.78 is 35.2. The molecule has 0 atom stereocenters. The number of nitrogens with zero attached hydrogens (tertiary/aromatic N) is 5. The zero-order chi connectivity index (χ0) is 31.6. The smallest absolute Gasteiger partial charge is 0.322 e. The summed E-state index contributed by atoms with van der Waals surface area (Å²) in [6, 6.07) is 7.17. The second-order valence-electron chi connectivity index (χ2n) is 10.1. The number of carbonyl (C=O) groups excluding carboxylic acids is 1. The maximum Gasteiger partial charge on any atom is 0.322 e. The summed E-state index contributed by atoms with van der Waals surface area (Å²) in [4.78, 5) is 49.8. The van der Waals surface area contributed by atoms with Gasteiger partial charge in [-0.05, 0) is 48.7 Å². The standard InChI is InChI=1S/C29H26Cl2FN5O4/c1-5-21(39)35-12-29(32,13-35)14-36-19-11-18(31)24(22-17(30)7-6-8-20(22)38)34-26(19)37(28(41)27(36)40)25-16(4)9-10-33-23(25)15(2)3/h5-11,15,38H,1,12-14H2,2-4H3/i14D2. The molecule has 1 aliphatic rings. The first-order valence-electron chi connectivity index (χ1n) is 13.6. The molecule has 0 unspecified atom stereocenters. The van der Waals surface area contributed by atoms with Gasteiger partial charge in [-0.2, -0.15) is 0 Å². The molecule has 41 heavy (non-hydrogen) atoms. The molecule has 12 heteroatoms. The summed E-state index contributed by atoms with van der Waals surface area (Å²) in [7, 11) is 0. The number of rotatable bonds is 6. The van der Waals surface area contributed by atoms with E-state index in [-0.39, 0.29) is 49.8 Å². The number of carbonyl (C=O) groups is 1. The van der Waals surface area contributed by atoms with E-state index in [1.165, 1.54) is 24.3 Å². The van der Waals surface area contributed by atoms with Gasteiger partial charge in [0.2, 0.25) is 5.91 Å². The molecular weight excluding hydrogens is 572 g/mol. The molecule has 1 fully saturated rings. The monoisotopic (exact) mass is 599 g/mol. The van der Waals surface area contributed by atoms with Gasteiger partial charge in [-0.1, -0.05) is 49.7 Å². The average Bonchev–Trinajstić information content (AvgIpc) is 2.92. The van der Waals surface area contributed by atoms with Crippen molar-refractivity contribution in [1.29, 1.82) is 0 Å². The quantitative estimate of drug-likeness (QED) is 0.252. The predicted molar refractivity (Wildman–Crippen MR) is 156 cm³/mol. The lowest BCUT2D eigenvalue weighted by Crippen LogP contribution is -2.63. The van der Waals surface area contributed by atoms with Gasteiger partial charge >= 0.3 is 11.1 Å². The molecule has 1 N–H and O–H groups in total. The van der Waals surface area contributed by atoms with Crippen LogP contribution in [0, 0.1) is 6.92 Å². The summed E-state index contributed by atoms with van der Waals surface area (Å²) >= 11 is 13.0. The minimum atomic E-state index is -3.14. The van der Waals surface area contributed by atoms with Crippen molar-refractivity contribution in [3.8, 4) is 22.7 Å². The van der Waals surface area contributed by atoms with Crippen LogP contribution in [-0.4, -0.2) is 53.8 Å². The van der Waals surface area contributed by atoms with Gasteiger partial charge in [0.25, 0.3) is 0 Å². The third-order valence-corrected chi connectivity index (χ3v) is 7.42. The number of hydrogen-bond acceptors (Lipinski definition) is 6. The van der Waals surface area contributed by atoms with E-state index in [1.807, 2.05) is 13.8 Å². The number of alkyl halides is 1. The SMILES string of the molecule is [2H]C([2H])(n1c(=O)c(=O)n(-c2c(C)ccnc2C(C)C)c2nc(-c3c(O)cccc3Cl)c(Cl)cc21)C1(F)CN(C(=O)C=C)C1. The number of pyridine rings is 2. The topological polar surface area (TPSA) is 110 Å². The number of aromatic nitrogens is 4. The second-order valence-corrected chi connectivity index (χ2v) is 10.9. The van der Waals surface area contributed by atoms with Gasteiger partial charge in [0.15, 0.2) is 11.3 Å². The van der Waals surface area contributed by atoms with Crippen LogP contribution in [0.1, 0.15) is 33.8 Å². The highest BCUT2D eigenvalue weighted by atomic mass is 35.5. The molecule has 0 aliphatic carbocycles. The van der Waals surface area contributed by atoms with Gasteiger partial charge in [0, 0.05) is 6.20 Å². The van der Waals surface area contributed by atoms with Gasteiger partial charge in [-0.3, -0.25) is 28.5 Å². The summed E-state index contributed by atoms with van der Waals surface area (Å²) in [5.74, 6) is -1.11. The third kappa shape index (κ3) is 4.81. The fourth-order valence-corrected chi connectivity index (χ4v) is 5.34. The minimum absolute atomic E-state index is 0.0300. The summed E-state index contributed by atoms with van der Waals surface area (Å²) in [5.41, 5.74) is -4.71. The summed E-state index contributed by atoms with van der Waals surface area (Å²) in [6.45, 7) is 4.24. The molecule has 9 nitrogen and oxygen atoms in total. The molecule has 4 aromatic rings. The zero-order valence-corrected chi connectivity index (χ0v) is 23.8. The fourth-order valence-electron chi connectivity index (χ4n) is 4.84. The van der Waals surface area contributed by atoms with Crippen molar-refractivity contribution in [2.75, 3.05) is 13.1 Å². The lowest BCUT2D eigenvalue weighted by atomic mass is 9.95. The van der Waals surface area contributed by atoms with Crippen LogP contribution < -0.4 is 11.1 Å². The Morgan fingerprint density at radius 1 is 1.24 bits per heavy atom. The van der Waals surface area contributed by atoms with E-state index in [0.717, 1.165) is 15.5 Å². The van der Waals surface area contributed by atoms with Gasteiger partial charge in [0.1, 0.15) is 5.75 Å². The normalized spacial score (nSPS) is 15.4. The number of hydrogen-bond donors (Lipinski definition) is 1. The number of phenolic OH excluding ortho intramolecular Hbond substituents is 1. The van der Waals surface area contributed by atoms with Crippen LogP contribution in [0.3, 0.4) is 0 Å². The molecule has 1 amide bonds. The number of aryl methyl sites for hydroxylation is 1. The highest BCUT2D eigenvalue weighted by Crippen LogP contribution is 2.40. The first kappa shape index (κ1) is 25.9. The Bertz CT molecular complexity index is 1930. The summed E-state index contributed by atoms with van der Waals surface area (Å²) in [6.07, 6.45) is 2.52. The van der Waals surface area contributed by atoms with Crippen LogP contribution in [-0.2, 0) is 11.3 Å². The molecule has 1 saturated heterocycles. The maximum absolute atomic E-state index is 16.2. The van der Waals surface area contributed by atoms with Crippen molar-refractivity contribution >= 4 is 40.3 Å². The predicted octanol–water partition coefficient (Wildman–Crippen LogP) is 4.79. The first-order chi connectivity index (χ1) is 20.1. The van der Waals surface area contributed by atoms with E-state index in [2.05, 4.69) is 16.5 Å². The molecular formula is C29H26Cl2FN5O4. The van der Waals surface area contributed by atoms with Gasteiger partial charge < -0.3 is 10.0 Å². The molecule has 3 aromatic heterocycles. The average molecular weight is 600 g/mol. The van der Waals surface area contributed by atoms with E-state index >= 15 is 4.39 Å². The first-order valence-corrected chi connectivity index (χ1v) is 13.3. The van der Waals surface area contributed by atoms with Crippen LogP contribution in [0.25, 0.3) is 28.1 Å². The minimum Gasteiger partial charge on any atom is -0.507 e. The van der Waals surface area contributed by atoms with E-state index < -0.39 is 42.3 Å². The van der Waals surface area contributed by atoms with Crippen molar-refractivity contribution in [3.63, 3.8) is 0 Å². The molecule has 5 rings (SSSR count). The van der Waals surface area contributed by atoms with Crippen molar-refractivity contribution in [1.82, 2.24) is 24.0 Å². The van der Waals surface area contributed by atoms with E-state index in [9.17, 15) is 19.5 Å². The number of halogens is 3. The van der Waals surface area contributed by atoms with Crippen molar-refractivity contribution < 1.29 is 17.0 Å². The Morgan fingerprint density at radius 3 is 2.59 bits per heavy atom. The lowest BCUT2D eigenvalue weighted by Gasteiger charge is -2.44. The summed E-state index contributed by atoms with van der Waals surface area (Å²) in [5, 5.41) is 10.6. The molecule has 0 saturated carbocycles. The third-order valence-electron chi connectivity index (χ3n) is 6.81.